The van der Waals surface area contributed by atoms with Crippen LogP contribution < -0.4 is 5.56 Å². The average molecular weight is 317 g/mol. The fourth-order valence-corrected chi connectivity index (χ4v) is 2.38. The molecule has 1 unspecified atom stereocenters. The summed E-state index contributed by atoms with van der Waals surface area (Å²) in [6, 6.07) is 8.08. The smallest absolute Gasteiger partial charge is 0.267 e. The Labute approximate surface area is 134 Å². The molecule has 23 heavy (non-hydrogen) atoms. The number of amides is 1. The van der Waals surface area contributed by atoms with E-state index in [9.17, 15) is 14.0 Å². The van der Waals surface area contributed by atoms with Gasteiger partial charge in [0.05, 0.1) is 5.69 Å². The van der Waals surface area contributed by atoms with Gasteiger partial charge >= 0.3 is 0 Å². The van der Waals surface area contributed by atoms with E-state index in [-0.39, 0.29) is 17.3 Å². The zero-order valence-corrected chi connectivity index (χ0v) is 13.5. The van der Waals surface area contributed by atoms with Crippen molar-refractivity contribution < 1.29 is 9.18 Å². The third-order valence-electron chi connectivity index (χ3n) is 3.76. The summed E-state index contributed by atoms with van der Waals surface area (Å²) >= 11 is 0. The second kappa shape index (κ2) is 7.17. The Morgan fingerprint density at radius 3 is 2.35 bits per heavy atom. The molecule has 0 fully saturated rings. The van der Waals surface area contributed by atoms with E-state index < -0.39 is 6.04 Å². The first-order chi connectivity index (χ1) is 11.0. The minimum Gasteiger partial charge on any atom is -0.341 e. The Kier molecular flexibility index (Phi) is 5.26. The number of rotatable bonds is 5. The fraction of sp³-hybridized carbons (Fsp3) is 0.353. The summed E-state index contributed by atoms with van der Waals surface area (Å²) in [7, 11) is 0. The predicted molar refractivity (Wildman–Crippen MR) is 86.5 cm³/mol. The predicted octanol–water partition coefficient (Wildman–Crippen LogP) is 2.48. The highest BCUT2D eigenvalue weighted by Crippen LogP contribution is 2.17. The highest BCUT2D eigenvalue weighted by Gasteiger charge is 2.22. The second-order valence-electron chi connectivity index (χ2n) is 5.19. The monoisotopic (exact) mass is 317 g/mol. The molecule has 0 saturated heterocycles. The van der Waals surface area contributed by atoms with Crippen molar-refractivity contribution in [2.75, 3.05) is 13.1 Å². The van der Waals surface area contributed by atoms with E-state index in [0.29, 0.717) is 24.3 Å². The van der Waals surface area contributed by atoms with Gasteiger partial charge in [-0.25, -0.2) is 9.07 Å². The minimum atomic E-state index is -0.692. The zero-order chi connectivity index (χ0) is 17.0. The molecule has 5 nitrogen and oxygen atoms in total. The van der Waals surface area contributed by atoms with Crippen molar-refractivity contribution in [3.8, 4) is 11.3 Å². The van der Waals surface area contributed by atoms with Crippen LogP contribution in [0.5, 0.6) is 0 Å². The van der Waals surface area contributed by atoms with E-state index in [0.717, 1.165) is 0 Å². The molecule has 0 bridgehead atoms. The largest absolute Gasteiger partial charge is 0.341 e. The lowest BCUT2D eigenvalue weighted by atomic mass is 10.1. The molecule has 1 aromatic heterocycles. The highest BCUT2D eigenvalue weighted by atomic mass is 19.1. The van der Waals surface area contributed by atoms with Crippen molar-refractivity contribution in [1.82, 2.24) is 14.7 Å². The van der Waals surface area contributed by atoms with Gasteiger partial charge < -0.3 is 4.90 Å². The molecule has 1 atom stereocenters. The molecule has 1 aromatic carbocycles. The van der Waals surface area contributed by atoms with Gasteiger partial charge in [-0.3, -0.25) is 9.59 Å². The number of aromatic nitrogens is 2. The fourth-order valence-electron chi connectivity index (χ4n) is 2.38. The second-order valence-corrected chi connectivity index (χ2v) is 5.19. The standard InChI is InChI=1S/C17H20FN3O2/c1-4-20(5-2)17(23)12(3)21-16(22)11-10-15(19-21)13-6-8-14(18)9-7-13/h6-12H,4-5H2,1-3H3. The van der Waals surface area contributed by atoms with Crippen LogP contribution >= 0.6 is 0 Å². The molecule has 1 heterocycles. The lowest BCUT2D eigenvalue weighted by Gasteiger charge is -2.23. The lowest BCUT2D eigenvalue weighted by molar-refractivity contribution is -0.134. The Hall–Kier alpha value is -2.50. The molecule has 1 amide bonds. The molecule has 0 spiro atoms. The Balaban J connectivity index is 2.39. The van der Waals surface area contributed by atoms with E-state index in [2.05, 4.69) is 5.10 Å². The van der Waals surface area contributed by atoms with Crippen LogP contribution in [0, 0.1) is 5.82 Å². The maximum atomic E-state index is 13.0. The van der Waals surface area contributed by atoms with E-state index in [4.69, 9.17) is 0 Å². The summed E-state index contributed by atoms with van der Waals surface area (Å²) < 4.78 is 14.2. The SMILES string of the molecule is CCN(CC)C(=O)C(C)n1nc(-c2ccc(F)cc2)ccc1=O. The van der Waals surface area contributed by atoms with Crippen molar-refractivity contribution >= 4 is 5.91 Å². The van der Waals surface area contributed by atoms with Crippen molar-refractivity contribution in [3.63, 3.8) is 0 Å². The van der Waals surface area contributed by atoms with Crippen LogP contribution in [0.25, 0.3) is 11.3 Å². The maximum Gasteiger partial charge on any atom is 0.267 e. The number of nitrogens with zero attached hydrogens (tertiary/aromatic N) is 3. The van der Waals surface area contributed by atoms with Gasteiger partial charge in [0.2, 0.25) is 5.91 Å². The van der Waals surface area contributed by atoms with Crippen LogP contribution in [0.1, 0.15) is 26.8 Å². The van der Waals surface area contributed by atoms with Crippen molar-refractivity contribution in [2.24, 2.45) is 0 Å². The van der Waals surface area contributed by atoms with Crippen LogP contribution in [0.3, 0.4) is 0 Å². The number of likely N-dealkylation sites (N-methyl/N-ethyl adjacent to an activating group) is 1. The molecule has 0 saturated carbocycles. The van der Waals surface area contributed by atoms with Gasteiger partial charge in [0.15, 0.2) is 0 Å². The first-order valence-corrected chi connectivity index (χ1v) is 7.62. The van der Waals surface area contributed by atoms with Gasteiger partial charge in [0.1, 0.15) is 11.9 Å². The van der Waals surface area contributed by atoms with Crippen LogP contribution in [-0.4, -0.2) is 33.7 Å². The average Bonchev–Trinajstić information content (AvgIpc) is 2.56. The quantitative estimate of drug-likeness (QED) is 0.851. The minimum absolute atomic E-state index is 0.152. The normalized spacial score (nSPS) is 12.0. The van der Waals surface area contributed by atoms with Crippen LogP contribution in [0.2, 0.25) is 0 Å². The third kappa shape index (κ3) is 3.64. The van der Waals surface area contributed by atoms with E-state index in [1.165, 1.54) is 22.9 Å². The van der Waals surface area contributed by atoms with Crippen molar-refractivity contribution in [3.05, 3.63) is 52.6 Å². The number of halogens is 1. The molecule has 0 N–H and O–H groups in total. The van der Waals surface area contributed by atoms with Gasteiger partial charge in [-0.2, -0.15) is 5.10 Å². The van der Waals surface area contributed by atoms with E-state index in [1.807, 2.05) is 13.8 Å². The Morgan fingerprint density at radius 1 is 1.17 bits per heavy atom. The summed E-state index contributed by atoms with van der Waals surface area (Å²) in [5.74, 6) is -0.493. The molecule has 2 rings (SSSR count). The molecule has 0 aliphatic heterocycles. The molecule has 0 radical (unpaired) electrons. The summed E-state index contributed by atoms with van der Waals surface area (Å²) in [6.07, 6.45) is 0. The van der Waals surface area contributed by atoms with E-state index >= 15 is 0 Å². The van der Waals surface area contributed by atoms with Crippen LogP contribution in [-0.2, 0) is 4.79 Å². The van der Waals surface area contributed by atoms with Crippen molar-refractivity contribution in [1.29, 1.82) is 0 Å². The van der Waals surface area contributed by atoms with Gasteiger partial charge in [0, 0.05) is 24.7 Å². The summed E-state index contributed by atoms with van der Waals surface area (Å²) in [5, 5.41) is 4.28. The molecule has 122 valence electrons. The summed E-state index contributed by atoms with van der Waals surface area (Å²) in [4.78, 5) is 26.2. The zero-order valence-electron chi connectivity index (χ0n) is 13.5. The van der Waals surface area contributed by atoms with Gasteiger partial charge in [-0.1, -0.05) is 0 Å². The number of benzene rings is 1. The summed E-state index contributed by atoms with van der Waals surface area (Å²) in [6.45, 7) is 6.58. The number of hydrogen-bond donors (Lipinski definition) is 0. The Bertz CT molecular complexity index is 736. The third-order valence-corrected chi connectivity index (χ3v) is 3.76. The van der Waals surface area contributed by atoms with Gasteiger partial charge in [0.25, 0.3) is 5.56 Å². The molecule has 2 aromatic rings. The number of carbonyl (C=O) groups is 1. The lowest BCUT2D eigenvalue weighted by Crippen LogP contribution is -2.39. The maximum absolute atomic E-state index is 13.0. The van der Waals surface area contributed by atoms with E-state index in [1.54, 1.807) is 30.0 Å². The topological polar surface area (TPSA) is 55.2 Å². The molecule has 0 aliphatic rings. The molecular weight excluding hydrogens is 297 g/mol. The van der Waals surface area contributed by atoms with Gasteiger partial charge in [-0.05, 0) is 51.1 Å². The van der Waals surface area contributed by atoms with Gasteiger partial charge in [-0.15, -0.1) is 0 Å². The highest BCUT2D eigenvalue weighted by molar-refractivity contribution is 5.80. The summed E-state index contributed by atoms with van der Waals surface area (Å²) in [5.41, 5.74) is 0.857. The van der Waals surface area contributed by atoms with Crippen LogP contribution in [0.15, 0.2) is 41.2 Å². The first kappa shape index (κ1) is 16.9. The Morgan fingerprint density at radius 2 is 1.78 bits per heavy atom. The van der Waals surface area contributed by atoms with Crippen LogP contribution in [0.4, 0.5) is 4.39 Å². The first-order valence-electron chi connectivity index (χ1n) is 7.62. The molecular formula is C17H20FN3O2. The number of hydrogen-bond acceptors (Lipinski definition) is 3. The number of carbonyl (C=O) groups excluding carboxylic acids is 1. The molecule has 0 aliphatic carbocycles. The molecule has 6 heteroatoms. The van der Waals surface area contributed by atoms with Crippen molar-refractivity contribution in [2.45, 2.75) is 26.8 Å².